The van der Waals surface area contributed by atoms with Crippen LogP contribution in [0.25, 0.3) is 10.9 Å². The third-order valence-electron chi connectivity index (χ3n) is 5.70. The largest absolute Gasteiger partial charge is 0.421 e. The summed E-state index contributed by atoms with van der Waals surface area (Å²) in [6.45, 7) is 7.40. The van der Waals surface area contributed by atoms with Gasteiger partial charge in [0.2, 0.25) is 5.88 Å². The Labute approximate surface area is 190 Å². The molecule has 9 nitrogen and oxygen atoms in total. The van der Waals surface area contributed by atoms with E-state index in [0.717, 1.165) is 49.4 Å². The van der Waals surface area contributed by atoms with E-state index in [-0.39, 0.29) is 11.8 Å². The lowest BCUT2D eigenvalue weighted by atomic mass is 10.2. The number of aromatic nitrogens is 4. The van der Waals surface area contributed by atoms with Gasteiger partial charge in [0.25, 0.3) is 0 Å². The molecule has 0 bridgehead atoms. The summed E-state index contributed by atoms with van der Waals surface area (Å²) in [7, 11) is 2.09. The summed E-state index contributed by atoms with van der Waals surface area (Å²) >= 11 is 0. The fourth-order valence-corrected chi connectivity index (χ4v) is 3.84. The van der Waals surface area contributed by atoms with Crippen LogP contribution in [0.1, 0.15) is 18.3 Å². The van der Waals surface area contributed by atoms with Crippen molar-refractivity contribution in [3.63, 3.8) is 0 Å². The number of aryl methyl sites for hydroxylation is 2. The van der Waals surface area contributed by atoms with Gasteiger partial charge in [-0.15, -0.1) is 0 Å². The quantitative estimate of drug-likeness (QED) is 0.449. The molecule has 33 heavy (non-hydrogen) atoms. The Balaban J connectivity index is 1.48. The number of piperazine rings is 1. The predicted molar refractivity (Wildman–Crippen MR) is 124 cm³/mol. The van der Waals surface area contributed by atoms with Crippen LogP contribution in [0, 0.1) is 12.7 Å². The zero-order valence-electron chi connectivity index (χ0n) is 18.9. The number of hydrogen-bond donors (Lipinski definition) is 2. The van der Waals surface area contributed by atoms with Crippen LogP contribution >= 0.6 is 0 Å². The molecule has 10 heteroatoms. The number of nitrogens with zero attached hydrogens (tertiary/aromatic N) is 5. The topological polar surface area (TPSA) is 95.3 Å². The van der Waals surface area contributed by atoms with Gasteiger partial charge in [-0.05, 0) is 32.5 Å². The summed E-state index contributed by atoms with van der Waals surface area (Å²) in [5, 5.41) is 7.98. The van der Waals surface area contributed by atoms with Gasteiger partial charge in [-0.2, -0.15) is 9.97 Å². The van der Waals surface area contributed by atoms with Gasteiger partial charge in [-0.3, -0.25) is 0 Å². The normalized spacial score (nSPS) is 14.7. The summed E-state index contributed by atoms with van der Waals surface area (Å²) in [6.07, 6.45) is 0.760. The second kappa shape index (κ2) is 8.70. The lowest BCUT2D eigenvalue weighted by Crippen LogP contribution is -2.44. The number of rotatable bonds is 6. The lowest BCUT2D eigenvalue weighted by Gasteiger charge is -2.33. The number of anilines is 3. The average Bonchev–Trinajstić information content (AvgIpc) is 3.39. The SMILES string of the molecule is CCc1cc(Nc2cc(N3CCN(C)CC3)nc(Oc3cc4cc(C)[nH]c4cc3F)n2)on1. The summed E-state index contributed by atoms with van der Waals surface area (Å²) in [4.78, 5) is 16.6. The molecule has 1 fully saturated rings. The van der Waals surface area contributed by atoms with Gasteiger partial charge in [0.1, 0.15) is 11.6 Å². The first-order valence-electron chi connectivity index (χ1n) is 11.0. The molecule has 3 aromatic heterocycles. The van der Waals surface area contributed by atoms with Crippen molar-refractivity contribution in [1.29, 1.82) is 0 Å². The van der Waals surface area contributed by atoms with Gasteiger partial charge in [-0.25, -0.2) is 4.39 Å². The molecule has 0 aliphatic carbocycles. The van der Waals surface area contributed by atoms with Gasteiger partial charge >= 0.3 is 6.01 Å². The molecule has 4 aromatic rings. The van der Waals surface area contributed by atoms with Gasteiger partial charge in [0.05, 0.1) is 5.69 Å². The highest BCUT2D eigenvalue weighted by Gasteiger charge is 2.19. The van der Waals surface area contributed by atoms with Crippen LogP contribution in [0.2, 0.25) is 0 Å². The van der Waals surface area contributed by atoms with E-state index in [1.54, 1.807) is 6.07 Å². The lowest BCUT2D eigenvalue weighted by molar-refractivity contribution is 0.311. The van der Waals surface area contributed by atoms with E-state index >= 15 is 0 Å². The summed E-state index contributed by atoms with van der Waals surface area (Å²) in [5.41, 5.74) is 2.49. The van der Waals surface area contributed by atoms with Crippen molar-refractivity contribution >= 4 is 28.4 Å². The van der Waals surface area contributed by atoms with Crippen molar-refractivity contribution in [3.8, 4) is 11.8 Å². The number of benzene rings is 1. The summed E-state index contributed by atoms with van der Waals surface area (Å²) < 4.78 is 25.9. The molecule has 0 radical (unpaired) electrons. The highest BCUT2D eigenvalue weighted by Crippen LogP contribution is 2.30. The molecule has 172 valence electrons. The molecule has 0 spiro atoms. The molecular formula is C23H26FN7O2. The number of fused-ring (bicyclic) bond motifs is 1. The third kappa shape index (κ3) is 4.61. The second-order valence-electron chi connectivity index (χ2n) is 8.27. The Morgan fingerprint density at radius 2 is 1.94 bits per heavy atom. The van der Waals surface area contributed by atoms with Crippen LogP contribution in [0.4, 0.5) is 21.9 Å². The molecule has 0 atom stereocenters. The van der Waals surface area contributed by atoms with E-state index in [0.29, 0.717) is 23.0 Å². The number of likely N-dealkylation sites (N-methyl/N-ethyl adjacent to an activating group) is 1. The van der Waals surface area contributed by atoms with Gasteiger partial charge < -0.3 is 29.4 Å². The molecule has 1 aliphatic heterocycles. The Morgan fingerprint density at radius 1 is 1.12 bits per heavy atom. The van der Waals surface area contributed by atoms with Gasteiger partial charge in [0.15, 0.2) is 11.6 Å². The van der Waals surface area contributed by atoms with Crippen molar-refractivity contribution in [1.82, 2.24) is 25.0 Å². The van der Waals surface area contributed by atoms with Crippen LogP contribution in [0.15, 0.2) is 34.9 Å². The monoisotopic (exact) mass is 451 g/mol. The first kappa shape index (κ1) is 21.2. The van der Waals surface area contributed by atoms with Crippen molar-refractivity contribution in [2.24, 2.45) is 0 Å². The minimum atomic E-state index is -0.490. The Kier molecular flexibility index (Phi) is 5.59. The van der Waals surface area contributed by atoms with Crippen molar-refractivity contribution in [2.75, 3.05) is 43.4 Å². The van der Waals surface area contributed by atoms with Crippen molar-refractivity contribution in [2.45, 2.75) is 20.3 Å². The van der Waals surface area contributed by atoms with Gasteiger partial charge in [0, 0.05) is 61.0 Å². The summed E-state index contributed by atoms with van der Waals surface area (Å²) in [6, 6.07) is 8.71. The van der Waals surface area contributed by atoms with Gasteiger partial charge in [-0.1, -0.05) is 12.1 Å². The molecule has 2 N–H and O–H groups in total. The maximum atomic E-state index is 14.7. The predicted octanol–water partition coefficient (Wildman–Crippen LogP) is 4.24. The fraction of sp³-hybridized carbons (Fsp3) is 0.348. The minimum absolute atomic E-state index is 0.0506. The van der Waals surface area contributed by atoms with Crippen LogP contribution in [0.3, 0.4) is 0 Å². The van der Waals surface area contributed by atoms with Crippen molar-refractivity contribution < 1.29 is 13.7 Å². The fourth-order valence-electron chi connectivity index (χ4n) is 3.84. The van der Waals surface area contributed by atoms with Crippen LogP contribution in [0.5, 0.6) is 11.8 Å². The molecule has 1 aromatic carbocycles. The van der Waals surface area contributed by atoms with Crippen LogP contribution in [-0.2, 0) is 6.42 Å². The first-order chi connectivity index (χ1) is 16.0. The Bertz CT molecular complexity index is 1280. The maximum Gasteiger partial charge on any atom is 0.326 e. The summed E-state index contributed by atoms with van der Waals surface area (Å²) in [5.74, 6) is 1.22. The maximum absolute atomic E-state index is 14.7. The average molecular weight is 452 g/mol. The van der Waals surface area contributed by atoms with E-state index in [4.69, 9.17) is 9.26 Å². The minimum Gasteiger partial charge on any atom is -0.421 e. The van der Waals surface area contributed by atoms with E-state index in [2.05, 4.69) is 42.3 Å². The molecule has 5 rings (SSSR count). The van der Waals surface area contributed by atoms with E-state index < -0.39 is 5.82 Å². The zero-order chi connectivity index (χ0) is 22.9. The van der Waals surface area contributed by atoms with E-state index in [1.807, 2.05) is 32.0 Å². The molecule has 0 saturated carbocycles. The second-order valence-corrected chi connectivity index (χ2v) is 8.27. The van der Waals surface area contributed by atoms with Crippen LogP contribution < -0.4 is 15.0 Å². The molecule has 4 heterocycles. The number of nitrogens with one attached hydrogen (secondary N) is 2. The highest BCUT2D eigenvalue weighted by atomic mass is 19.1. The molecule has 0 amide bonds. The molecule has 1 aliphatic rings. The number of H-pyrrole nitrogens is 1. The number of ether oxygens (including phenoxy) is 1. The van der Waals surface area contributed by atoms with E-state index in [9.17, 15) is 4.39 Å². The molecular weight excluding hydrogens is 425 g/mol. The number of hydrogen-bond acceptors (Lipinski definition) is 8. The standard InChI is InChI=1S/C23H26FN7O2/c1-4-16-11-22(33-29-16)26-20-13-21(31-7-5-30(3)6-8-31)28-23(27-20)32-19-10-15-9-14(2)25-18(15)12-17(19)24/h9-13,25H,4-8H2,1-3H3,(H,26,27,28). The first-order valence-corrected chi connectivity index (χ1v) is 11.0. The van der Waals surface area contributed by atoms with Crippen LogP contribution in [-0.4, -0.2) is 58.2 Å². The Morgan fingerprint density at radius 3 is 2.70 bits per heavy atom. The van der Waals surface area contributed by atoms with Crippen molar-refractivity contribution in [3.05, 3.63) is 47.5 Å². The zero-order valence-corrected chi connectivity index (χ0v) is 18.9. The Hall–Kier alpha value is -3.66. The molecule has 0 unspecified atom stereocenters. The number of aromatic amines is 1. The van der Waals surface area contributed by atoms with E-state index in [1.165, 1.54) is 6.07 Å². The third-order valence-corrected chi connectivity index (χ3v) is 5.70. The number of halogens is 1. The smallest absolute Gasteiger partial charge is 0.326 e. The molecule has 1 saturated heterocycles. The highest BCUT2D eigenvalue weighted by molar-refractivity contribution is 5.82.